The zero-order valence-corrected chi connectivity index (χ0v) is 17.3. The van der Waals surface area contributed by atoms with E-state index < -0.39 is 0 Å². The number of rotatable bonds is 5. The number of carbonyl (C=O) groups is 1. The van der Waals surface area contributed by atoms with Gasteiger partial charge in [0.1, 0.15) is 11.6 Å². The van der Waals surface area contributed by atoms with Gasteiger partial charge in [0.2, 0.25) is 0 Å². The second-order valence-corrected chi connectivity index (χ2v) is 7.38. The van der Waals surface area contributed by atoms with Gasteiger partial charge in [-0.25, -0.2) is 4.98 Å². The molecule has 0 aliphatic heterocycles. The molecular formula is C25H22N4O2. The number of amides is 1. The first-order valence-corrected chi connectivity index (χ1v) is 10.2. The molecule has 6 nitrogen and oxygen atoms in total. The zero-order chi connectivity index (χ0) is 21.4. The summed E-state index contributed by atoms with van der Waals surface area (Å²) in [5.74, 6) is 1.43. The Labute approximate surface area is 179 Å². The average molecular weight is 410 g/mol. The Balaban J connectivity index is 1.39. The molecule has 2 heterocycles. The molecule has 5 rings (SSSR count). The van der Waals surface area contributed by atoms with Crippen molar-refractivity contribution in [2.24, 2.45) is 0 Å². The van der Waals surface area contributed by atoms with Gasteiger partial charge in [0, 0.05) is 40.5 Å². The number of anilines is 1. The molecule has 0 unspecified atom stereocenters. The van der Waals surface area contributed by atoms with Gasteiger partial charge >= 0.3 is 0 Å². The van der Waals surface area contributed by atoms with Gasteiger partial charge in [-0.1, -0.05) is 0 Å². The van der Waals surface area contributed by atoms with E-state index in [2.05, 4.69) is 26.8 Å². The minimum Gasteiger partial charge on any atom is -0.497 e. The number of benzene rings is 3. The molecule has 31 heavy (non-hydrogen) atoms. The number of fused-ring (bicyclic) bond motifs is 2. The minimum atomic E-state index is -0.139. The van der Waals surface area contributed by atoms with Crippen LogP contribution in [0.3, 0.4) is 0 Å². The van der Waals surface area contributed by atoms with Gasteiger partial charge in [-0.05, 0) is 73.7 Å². The van der Waals surface area contributed by atoms with Crippen LogP contribution in [0.25, 0.3) is 33.3 Å². The lowest BCUT2D eigenvalue weighted by atomic mass is 10.1. The molecule has 3 aromatic carbocycles. The summed E-state index contributed by atoms with van der Waals surface area (Å²) in [6.07, 6.45) is 2.04. The van der Waals surface area contributed by atoms with Gasteiger partial charge < -0.3 is 19.6 Å². The first-order valence-electron chi connectivity index (χ1n) is 10.2. The second kappa shape index (κ2) is 7.65. The summed E-state index contributed by atoms with van der Waals surface area (Å²) >= 11 is 0. The summed E-state index contributed by atoms with van der Waals surface area (Å²) in [6.45, 7) is 3.00. The van der Waals surface area contributed by atoms with E-state index in [-0.39, 0.29) is 5.91 Å². The Morgan fingerprint density at radius 3 is 2.68 bits per heavy atom. The lowest BCUT2D eigenvalue weighted by molar-refractivity contribution is 0.102. The molecule has 0 saturated heterocycles. The Hall–Kier alpha value is -4.06. The molecule has 2 aromatic heterocycles. The molecule has 0 aliphatic carbocycles. The maximum Gasteiger partial charge on any atom is 0.255 e. The van der Waals surface area contributed by atoms with Crippen LogP contribution in [0.1, 0.15) is 17.3 Å². The third-order valence-corrected chi connectivity index (χ3v) is 5.48. The van der Waals surface area contributed by atoms with Crippen molar-refractivity contribution in [3.63, 3.8) is 0 Å². The number of aryl methyl sites for hydroxylation is 1. The lowest BCUT2D eigenvalue weighted by Crippen LogP contribution is -2.11. The number of hydrogen-bond donors (Lipinski definition) is 2. The van der Waals surface area contributed by atoms with Crippen LogP contribution in [0.4, 0.5) is 5.69 Å². The van der Waals surface area contributed by atoms with E-state index >= 15 is 0 Å². The van der Waals surface area contributed by atoms with Gasteiger partial charge in [-0.2, -0.15) is 0 Å². The molecule has 5 aromatic rings. The number of aromatic nitrogens is 3. The summed E-state index contributed by atoms with van der Waals surface area (Å²) in [6, 6.07) is 21.2. The van der Waals surface area contributed by atoms with Crippen molar-refractivity contribution in [3.8, 4) is 17.1 Å². The highest BCUT2D eigenvalue weighted by molar-refractivity contribution is 6.07. The third kappa shape index (κ3) is 3.53. The molecule has 0 radical (unpaired) electrons. The molecule has 0 aliphatic rings. The van der Waals surface area contributed by atoms with E-state index in [1.165, 1.54) is 0 Å². The fourth-order valence-electron chi connectivity index (χ4n) is 3.79. The quantitative estimate of drug-likeness (QED) is 0.404. The highest BCUT2D eigenvalue weighted by atomic mass is 16.5. The smallest absolute Gasteiger partial charge is 0.255 e. The van der Waals surface area contributed by atoms with Crippen molar-refractivity contribution in [1.82, 2.24) is 14.5 Å². The molecule has 154 valence electrons. The largest absolute Gasteiger partial charge is 0.497 e. The van der Waals surface area contributed by atoms with Crippen LogP contribution in [-0.2, 0) is 6.54 Å². The van der Waals surface area contributed by atoms with Crippen LogP contribution in [-0.4, -0.2) is 27.6 Å². The lowest BCUT2D eigenvalue weighted by Gasteiger charge is -2.06. The van der Waals surface area contributed by atoms with Crippen molar-refractivity contribution in [2.45, 2.75) is 13.5 Å². The summed E-state index contributed by atoms with van der Waals surface area (Å²) in [5, 5.41) is 4.05. The van der Waals surface area contributed by atoms with E-state index in [1.807, 2.05) is 72.9 Å². The third-order valence-electron chi connectivity index (χ3n) is 5.48. The standard InChI is InChI=1S/C25H22N4O2/c1-3-29-13-12-17-14-18(6-11-23(17)29)25(30)26-19-7-10-21-22(15-19)28-24(27-21)16-4-8-20(31-2)9-5-16/h4-15H,3H2,1-2H3,(H,26,30)(H,27,28). The van der Waals surface area contributed by atoms with Gasteiger partial charge in [0.15, 0.2) is 0 Å². The number of H-pyrrole nitrogens is 1. The molecular weight excluding hydrogens is 388 g/mol. The second-order valence-electron chi connectivity index (χ2n) is 7.38. The number of aromatic amines is 1. The molecule has 0 fully saturated rings. The van der Waals surface area contributed by atoms with Gasteiger partial charge in [-0.15, -0.1) is 0 Å². The summed E-state index contributed by atoms with van der Waals surface area (Å²) < 4.78 is 7.37. The number of nitrogens with zero attached hydrogens (tertiary/aromatic N) is 2. The SMILES string of the molecule is CCn1ccc2cc(C(=O)Nc3ccc4nc(-c5ccc(OC)cc5)[nH]c4c3)ccc21. The van der Waals surface area contributed by atoms with E-state index in [0.29, 0.717) is 11.3 Å². The van der Waals surface area contributed by atoms with Crippen LogP contribution < -0.4 is 10.1 Å². The van der Waals surface area contributed by atoms with E-state index in [1.54, 1.807) is 7.11 Å². The van der Waals surface area contributed by atoms with Gasteiger partial charge in [-0.3, -0.25) is 4.79 Å². The van der Waals surface area contributed by atoms with Crippen molar-refractivity contribution < 1.29 is 9.53 Å². The van der Waals surface area contributed by atoms with Crippen molar-refractivity contribution in [2.75, 3.05) is 12.4 Å². The monoisotopic (exact) mass is 410 g/mol. The summed E-state index contributed by atoms with van der Waals surface area (Å²) in [7, 11) is 1.64. The Morgan fingerprint density at radius 1 is 1.06 bits per heavy atom. The van der Waals surface area contributed by atoms with E-state index in [4.69, 9.17) is 4.74 Å². The van der Waals surface area contributed by atoms with Crippen LogP contribution in [0, 0.1) is 0 Å². The number of carbonyl (C=O) groups excluding carboxylic acids is 1. The highest BCUT2D eigenvalue weighted by Crippen LogP contribution is 2.25. The molecule has 1 amide bonds. The maximum atomic E-state index is 12.8. The number of hydrogen-bond acceptors (Lipinski definition) is 3. The van der Waals surface area contributed by atoms with E-state index in [0.717, 1.165) is 45.6 Å². The average Bonchev–Trinajstić information content (AvgIpc) is 3.42. The van der Waals surface area contributed by atoms with Crippen molar-refractivity contribution in [1.29, 1.82) is 0 Å². The molecule has 0 spiro atoms. The van der Waals surface area contributed by atoms with Crippen LogP contribution in [0.15, 0.2) is 72.9 Å². The van der Waals surface area contributed by atoms with E-state index in [9.17, 15) is 4.79 Å². The van der Waals surface area contributed by atoms with Gasteiger partial charge in [0.05, 0.1) is 18.1 Å². The fourth-order valence-corrected chi connectivity index (χ4v) is 3.79. The molecule has 0 bridgehead atoms. The summed E-state index contributed by atoms with van der Waals surface area (Å²) in [4.78, 5) is 20.8. The number of methoxy groups -OCH3 is 1. The zero-order valence-electron chi connectivity index (χ0n) is 17.3. The molecule has 6 heteroatoms. The predicted molar refractivity (Wildman–Crippen MR) is 124 cm³/mol. The normalized spacial score (nSPS) is 11.2. The Morgan fingerprint density at radius 2 is 1.90 bits per heavy atom. The number of nitrogens with one attached hydrogen (secondary N) is 2. The predicted octanol–water partition coefficient (Wildman–Crippen LogP) is 5.47. The topological polar surface area (TPSA) is 71.9 Å². The highest BCUT2D eigenvalue weighted by Gasteiger charge is 2.11. The summed E-state index contributed by atoms with van der Waals surface area (Å²) in [5.41, 5.74) is 5.14. The van der Waals surface area contributed by atoms with Crippen molar-refractivity contribution >= 4 is 33.5 Å². The molecule has 0 atom stereocenters. The minimum absolute atomic E-state index is 0.139. The molecule has 2 N–H and O–H groups in total. The Bertz CT molecular complexity index is 1400. The van der Waals surface area contributed by atoms with Crippen LogP contribution >= 0.6 is 0 Å². The fraction of sp³-hybridized carbons (Fsp3) is 0.120. The van der Waals surface area contributed by atoms with Crippen LogP contribution in [0.5, 0.6) is 5.75 Å². The number of ether oxygens (including phenoxy) is 1. The Kier molecular flexibility index (Phi) is 4.67. The first kappa shape index (κ1) is 18.9. The number of imidazole rings is 1. The van der Waals surface area contributed by atoms with Gasteiger partial charge in [0.25, 0.3) is 5.91 Å². The maximum absolute atomic E-state index is 12.8. The van der Waals surface area contributed by atoms with Crippen LogP contribution in [0.2, 0.25) is 0 Å². The van der Waals surface area contributed by atoms with Crippen molar-refractivity contribution in [3.05, 3.63) is 78.5 Å². The molecule has 0 saturated carbocycles. The first-order chi connectivity index (χ1) is 15.1.